The number of benzene rings is 1. The van der Waals surface area contributed by atoms with Crippen LogP contribution >= 0.6 is 0 Å². The molecule has 4 nitrogen and oxygen atoms in total. The van der Waals surface area contributed by atoms with Gasteiger partial charge in [-0.3, -0.25) is 9.59 Å². The Morgan fingerprint density at radius 1 is 1.45 bits per heavy atom. The third kappa shape index (κ3) is 1.95. The number of fused-ring (bicyclic) bond motifs is 2. The van der Waals surface area contributed by atoms with Crippen LogP contribution in [0.4, 0.5) is 4.39 Å². The summed E-state index contributed by atoms with van der Waals surface area (Å²) in [7, 11) is 1.29. The number of halogens is 1. The summed E-state index contributed by atoms with van der Waals surface area (Å²) in [6.45, 7) is 0.150. The molecule has 116 valence electrons. The number of carbonyl (C=O) groups is 2. The van der Waals surface area contributed by atoms with Gasteiger partial charge >= 0.3 is 5.97 Å². The molecule has 5 heteroatoms. The molecule has 2 fully saturated rings. The second-order valence-corrected chi connectivity index (χ2v) is 6.64. The van der Waals surface area contributed by atoms with Gasteiger partial charge in [-0.2, -0.15) is 0 Å². The van der Waals surface area contributed by atoms with Crippen LogP contribution in [0.3, 0.4) is 0 Å². The van der Waals surface area contributed by atoms with Gasteiger partial charge < -0.3 is 9.64 Å². The van der Waals surface area contributed by atoms with Crippen LogP contribution in [0.5, 0.6) is 0 Å². The number of ether oxygens (including phenoxy) is 1. The predicted octanol–water partition coefficient (Wildman–Crippen LogP) is 2.17. The molecule has 1 amide bonds. The number of methoxy groups -OCH3 is 1. The molecule has 3 aliphatic rings. The molecule has 22 heavy (non-hydrogen) atoms. The quantitative estimate of drug-likeness (QED) is 0.804. The number of hydrogen-bond acceptors (Lipinski definition) is 3. The fourth-order valence-electron chi connectivity index (χ4n) is 3.55. The summed E-state index contributed by atoms with van der Waals surface area (Å²) in [4.78, 5) is 25.5. The Balaban J connectivity index is 1.73. The van der Waals surface area contributed by atoms with Gasteiger partial charge in [0.2, 0.25) is 0 Å². The molecule has 0 bridgehead atoms. The Morgan fingerprint density at radius 3 is 2.77 bits per heavy atom. The van der Waals surface area contributed by atoms with Crippen molar-refractivity contribution >= 4 is 11.9 Å². The highest BCUT2D eigenvalue weighted by Crippen LogP contribution is 2.55. The van der Waals surface area contributed by atoms with Crippen molar-refractivity contribution in [2.24, 2.45) is 0 Å². The van der Waals surface area contributed by atoms with Crippen molar-refractivity contribution in [3.05, 3.63) is 34.9 Å². The third-order valence-corrected chi connectivity index (χ3v) is 5.15. The first-order valence-electron chi connectivity index (χ1n) is 7.70. The lowest BCUT2D eigenvalue weighted by atomic mass is 9.84. The van der Waals surface area contributed by atoms with Crippen molar-refractivity contribution in [2.45, 2.75) is 36.8 Å². The first kappa shape index (κ1) is 13.7. The van der Waals surface area contributed by atoms with Crippen LogP contribution in [0.25, 0.3) is 0 Å². The Morgan fingerprint density at radius 2 is 2.18 bits per heavy atom. The topological polar surface area (TPSA) is 46.6 Å². The Hall–Kier alpha value is -1.91. The molecule has 1 spiro atoms. The van der Waals surface area contributed by atoms with Crippen LogP contribution in [0.1, 0.15) is 46.7 Å². The van der Waals surface area contributed by atoms with Crippen LogP contribution in [0, 0.1) is 0 Å². The fourth-order valence-corrected chi connectivity index (χ4v) is 3.55. The largest absolute Gasteiger partial charge is 0.468 e. The van der Waals surface area contributed by atoms with Crippen molar-refractivity contribution in [1.29, 1.82) is 0 Å². The summed E-state index contributed by atoms with van der Waals surface area (Å²) in [5, 5.41) is 0. The Labute approximate surface area is 128 Å². The normalized spacial score (nSPS) is 29.5. The molecule has 2 saturated carbocycles. The molecule has 0 aromatic heterocycles. The van der Waals surface area contributed by atoms with Crippen LogP contribution in [0.2, 0.25) is 0 Å². The molecule has 1 aromatic carbocycles. The molecule has 0 N–H and O–H groups in total. The average molecular weight is 303 g/mol. The van der Waals surface area contributed by atoms with Crippen LogP contribution in [-0.4, -0.2) is 43.1 Å². The number of amides is 1. The monoisotopic (exact) mass is 303 g/mol. The maximum atomic E-state index is 14.1. The summed E-state index contributed by atoms with van der Waals surface area (Å²) in [5.41, 5.74) is 1.99. The van der Waals surface area contributed by atoms with E-state index in [1.165, 1.54) is 30.4 Å². The molecule has 4 rings (SSSR count). The first-order valence-corrected chi connectivity index (χ1v) is 7.70. The Kier molecular flexibility index (Phi) is 2.83. The minimum Gasteiger partial charge on any atom is -0.468 e. The van der Waals surface area contributed by atoms with Gasteiger partial charge in [-0.05, 0) is 42.4 Å². The SMILES string of the molecule is COC(=O)CN1C[C@@]2(CC2F)c2cc(C3CC3)ccc2C1=O. The van der Waals surface area contributed by atoms with Gasteiger partial charge in [0.15, 0.2) is 0 Å². The zero-order valence-electron chi connectivity index (χ0n) is 12.5. The van der Waals surface area contributed by atoms with Crippen LogP contribution in [0.15, 0.2) is 18.2 Å². The lowest BCUT2D eigenvalue weighted by Gasteiger charge is -2.34. The number of hydrogen-bond donors (Lipinski definition) is 0. The molecule has 2 atom stereocenters. The minimum absolute atomic E-state index is 0.117. The standard InChI is InChI=1S/C17H18FNO3/c1-22-15(20)8-19-9-17(7-14(17)18)13-6-11(10-2-3-10)4-5-12(13)16(19)21/h4-6,10,14H,2-3,7-9H2,1H3/t14?,17-/m0/s1. The van der Waals surface area contributed by atoms with E-state index in [9.17, 15) is 14.0 Å². The van der Waals surface area contributed by atoms with Gasteiger partial charge in [-0.1, -0.05) is 12.1 Å². The molecular formula is C17H18FNO3. The third-order valence-electron chi connectivity index (χ3n) is 5.15. The zero-order valence-corrected chi connectivity index (χ0v) is 12.5. The second-order valence-electron chi connectivity index (χ2n) is 6.64. The number of nitrogens with zero attached hydrogens (tertiary/aromatic N) is 1. The van der Waals surface area contributed by atoms with E-state index in [2.05, 4.69) is 4.74 Å². The van der Waals surface area contributed by atoms with Gasteiger partial charge in [0, 0.05) is 17.5 Å². The van der Waals surface area contributed by atoms with E-state index >= 15 is 0 Å². The van der Waals surface area contributed by atoms with Gasteiger partial charge in [0.05, 0.1) is 7.11 Å². The summed E-state index contributed by atoms with van der Waals surface area (Å²) in [6.07, 6.45) is 1.84. The van der Waals surface area contributed by atoms with E-state index in [1.54, 1.807) is 0 Å². The van der Waals surface area contributed by atoms with E-state index in [4.69, 9.17) is 0 Å². The average Bonchev–Trinajstić information content (AvgIpc) is 3.42. The molecule has 2 aliphatic carbocycles. The van der Waals surface area contributed by atoms with Gasteiger partial charge in [0.25, 0.3) is 5.91 Å². The van der Waals surface area contributed by atoms with E-state index < -0.39 is 17.6 Å². The van der Waals surface area contributed by atoms with Crippen LogP contribution in [-0.2, 0) is 14.9 Å². The van der Waals surface area contributed by atoms with Crippen molar-refractivity contribution in [3.8, 4) is 0 Å². The maximum absolute atomic E-state index is 14.1. The molecule has 0 radical (unpaired) electrons. The molecule has 1 aromatic rings. The van der Waals surface area contributed by atoms with Crippen molar-refractivity contribution < 1.29 is 18.7 Å². The smallest absolute Gasteiger partial charge is 0.325 e. The van der Waals surface area contributed by atoms with Gasteiger partial charge in [0.1, 0.15) is 12.7 Å². The molecule has 0 saturated heterocycles. The fraction of sp³-hybridized carbons (Fsp3) is 0.529. The van der Waals surface area contributed by atoms with E-state index in [0.717, 1.165) is 5.56 Å². The highest BCUT2D eigenvalue weighted by Gasteiger charge is 2.61. The summed E-state index contributed by atoms with van der Waals surface area (Å²) in [6, 6.07) is 5.81. The number of alkyl halides is 1. The highest BCUT2D eigenvalue weighted by atomic mass is 19.1. The predicted molar refractivity (Wildman–Crippen MR) is 77.5 cm³/mol. The highest BCUT2D eigenvalue weighted by molar-refractivity contribution is 5.99. The van der Waals surface area contributed by atoms with Crippen molar-refractivity contribution in [3.63, 3.8) is 0 Å². The van der Waals surface area contributed by atoms with Gasteiger partial charge in [-0.25, -0.2) is 4.39 Å². The maximum Gasteiger partial charge on any atom is 0.325 e. The molecule has 1 unspecified atom stereocenters. The lowest BCUT2D eigenvalue weighted by molar-refractivity contribution is -0.141. The summed E-state index contributed by atoms with van der Waals surface area (Å²) < 4.78 is 18.8. The molecular weight excluding hydrogens is 285 g/mol. The number of rotatable bonds is 3. The molecule has 1 aliphatic heterocycles. The number of esters is 1. The second kappa shape index (κ2) is 4.54. The number of carbonyl (C=O) groups excluding carboxylic acids is 2. The van der Waals surface area contributed by atoms with E-state index in [-0.39, 0.29) is 19.0 Å². The molecule has 1 heterocycles. The summed E-state index contributed by atoms with van der Waals surface area (Å²) in [5.74, 6) is -0.104. The van der Waals surface area contributed by atoms with Crippen molar-refractivity contribution in [1.82, 2.24) is 4.90 Å². The van der Waals surface area contributed by atoms with Crippen LogP contribution < -0.4 is 0 Å². The van der Waals surface area contributed by atoms with E-state index in [0.29, 0.717) is 17.9 Å². The Bertz CT molecular complexity index is 670. The van der Waals surface area contributed by atoms with Gasteiger partial charge in [-0.15, -0.1) is 0 Å². The van der Waals surface area contributed by atoms with E-state index in [1.807, 2.05) is 18.2 Å². The lowest BCUT2D eigenvalue weighted by Crippen LogP contribution is -2.46. The van der Waals surface area contributed by atoms with Crippen molar-refractivity contribution in [2.75, 3.05) is 20.2 Å². The summed E-state index contributed by atoms with van der Waals surface area (Å²) >= 11 is 0. The first-order chi connectivity index (χ1) is 10.5. The zero-order chi connectivity index (χ0) is 15.5. The minimum atomic E-state index is -0.936.